The maximum atomic E-state index is 13.8. The normalized spacial score (nSPS) is 15.7. The first-order valence-corrected chi connectivity index (χ1v) is 13.5. The van der Waals surface area contributed by atoms with Crippen LogP contribution >= 0.6 is 22.7 Å². The zero-order valence-electron chi connectivity index (χ0n) is 20.8. The Morgan fingerprint density at radius 3 is 2.58 bits per heavy atom. The lowest BCUT2D eigenvalue weighted by atomic mass is 10.0. The number of thiophene rings is 1. The molecule has 1 N–H and O–H groups in total. The van der Waals surface area contributed by atoms with Crippen LogP contribution in [0.25, 0.3) is 6.08 Å². The number of fused-ring (bicyclic) bond motifs is 1. The molecule has 1 amide bonds. The van der Waals surface area contributed by atoms with E-state index in [0.29, 0.717) is 20.6 Å². The average molecular weight is 518 g/mol. The first kappa shape index (κ1) is 24.1. The quantitative estimate of drug-likeness (QED) is 0.433. The fraction of sp³-hybridized carbons (Fsp3) is 0.259. The van der Waals surface area contributed by atoms with Crippen LogP contribution in [-0.2, 0) is 11.3 Å². The minimum Gasteiger partial charge on any atom is -0.322 e. The zero-order valence-corrected chi connectivity index (χ0v) is 22.5. The van der Waals surface area contributed by atoms with Gasteiger partial charge in [-0.15, -0.1) is 11.3 Å². The van der Waals surface area contributed by atoms with E-state index in [0.717, 1.165) is 39.6 Å². The highest BCUT2D eigenvalue weighted by Crippen LogP contribution is 2.33. The Labute approximate surface area is 216 Å². The van der Waals surface area contributed by atoms with Crippen LogP contribution < -0.4 is 20.2 Å². The summed E-state index contributed by atoms with van der Waals surface area (Å²) < 4.78 is 4.17. The molecule has 3 aromatic heterocycles. The summed E-state index contributed by atoms with van der Waals surface area (Å²) >= 11 is 2.87. The number of para-hydroxylation sites is 1. The van der Waals surface area contributed by atoms with Crippen LogP contribution in [0.1, 0.15) is 47.3 Å². The van der Waals surface area contributed by atoms with E-state index < -0.39 is 6.04 Å². The van der Waals surface area contributed by atoms with Crippen molar-refractivity contribution >= 4 is 40.3 Å². The van der Waals surface area contributed by atoms with Gasteiger partial charge in [0.25, 0.3) is 11.5 Å². The molecule has 0 bridgehead atoms. The summed E-state index contributed by atoms with van der Waals surface area (Å²) in [6, 6.07) is 11.0. The third-order valence-electron chi connectivity index (χ3n) is 6.48. The highest BCUT2D eigenvalue weighted by molar-refractivity contribution is 7.10. The number of anilines is 1. The molecule has 0 unspecified atom stereocenters. The minimum atomic E-state index is -0.548. The van der Waals surface area contributed by atoms with Crippen molar-refractivity contribution in [3.63, 3.8) is 0 Å². The van der Waals surface area contributed by atoms with Crippen molar-refractivity contribution in [1.29, 1.82) is 0 Å². The zero-order chi connectivity index (χ0) is 25.6. The van der Waals surface area contributed by atoms with E-state index in [1.807, 2.05) is 87.2 Å². The Balaban J connectivity index is 1.66. The van der Waals surface area contributed by atoms with Crippen LogP contribution in [0.2, 0.25) is 0 Å². The van der Waals surface area contributed by atoms with Gasteiger partial charge in [-0.3, -0.25) is 18.8 Å². The van der Waals surface area contributed by atoms with E-state index in [4.69, 9.17) is 4.99 Å². The number of carbonyl (C=O) groups is 1. The number of amides is 1. The number of allylic oxidation sites excluding steroid dienone is 1. The molecule has 4 heterocycles. The highest BCUT2D eigenvalue weighted by Gasteiger charge is 2.33. The van der Waals surface area contributed by atoms with Crippen molar-refractivity contribution in [3.05, 3.63) is 100 Å². The molecule has 1 aliphatic heterocycles. The van der Waals surface area contributed by atoms with Crippen LogP contribution in [-0.4, -0.2) is 20.3 Å². The minimum absolute atomic E-state index is 0.158. The number of thiazole rings is 1. The lowest BCUT2D eigenvalue weighted by Crippen LogP contribution is -2.40. The van der Waals surface area contributed by atoms with Crippen LogP contribution in [0.4, 0.5) is 5.69 Å². The maximum absolute atomic E-state index is 13.8. The molecular formula is C27H27N5O2S2. The standard InChI is InChI=1S/C27H27N5O2S2/c1-6-31-18(5)19(16(3)30-31)14-22-26(34)32-24(21-12-9-13-35-21)23(17(4)28-27(32)36-22)25(33)29-20-11-8-7-10-15(20)2/h7-14,24H,6H2,1-5H3,(H,29,33)/b22-14+/t24-/m0/s1. The Morgan fingerprint density at radius 2 is 1.92 bits per heavy atom. The van der Waals surface area contributed by atoms with Gasteiger partial charge in [0, 0.05) is 28.4 Å². The Hall–Kier alpha value is -3.56. The number of rotatable bonds is 5. The van der Waals surface area contributed by atoms with Crippen molar-refractivity contribution in [2.45, 2.75) is 47.2 Å². The van der Waals surface area contributed by atoms with Crippen LogP contribution in [0.3, 0.4) is 0 Å². The van der Waals surface area contributed by atoms with Gasteiger partial charge in [0.2, 0.25) is 0 Å². The summed E-state index contributed by atoms with van der Waals surface area (Å²) in [6.45, 7) is 10.6. The second kappa shape index (κ2) is 9.48. The summed E-state index contributed by atoms with van der Waals surface area (Å²) in [6.07, 6.45) is 1.91. The molecule has 5 rings (SSSR count). The van der Waals surface area contributed by atoms with Gasteiger partial charge in [-0.1, -0.05) is 35.6 Å². The van der Waals surface area contributed by atoms with Gasteiger partial charge in [-0.25, -0.2) is 4.99 Å². The van der Waals surface area contributed by atoms with Crippen LogP contribution in [0.5, 0.6) is 0 Å². The van der Waals surface area contributed by atoms with Crippen LogP contribution in [0.15, 0.2) is 62.8 Å². The molecule has 0 aliphatic carbocycles. The predicted molar refractivity (Wildman–Crippen MR) is 145 cm³/mol. The number of hydrogen-bond acceptors (Lipinski definition) is 6. The largest absolute Gasteiger partial charge is 0.322 e. The van der Waals surface area contributed by atoms with Gasteiger partial charge in [-0.2, -0.15) is 5.10 Å². The Bertz CT molecular complexity index is 1690. The van der Waals surface area contributed by atoms with Crippen molar-refractivity contribution in [2.75, 3.05) is 5.32 Å². The molecule has 1 aromatic carbocycles. The predicted octanol–water partition coefficient (Wildman–Crippen LogP) is 4.08. The molecule has 36 heavy (non-hydrogen) atoms. The molecule has 184 valence electrons. The lowest BCUT2D eigenvalue weighted by Gasteiger charge is -2.24. The number of carbonyl (C=O) groups excluding carboxylic acids is 1. The second-order valence-electron chi connectivity index (χ2n) is 8.77. The smallest absolute Gasteiger partial charge is 0.271 e. The molecule has 9 heteroatoms. The molecule has 1 aliphatic rings. The van der Waals surface area contributed by atoms with Crippen LogP contribution in [0, 0.1) is 20.8 Å². The summed E-state index contributed by atoms with van der Waals surface area (Å²) in [5.74, 6) is -0.255. The number of nitrogens with one attached hydrogen (secondary N) is 1. The summed E-state index contributed by atoms with van der Waals surface area (Å²) in [5.41, 5.74) is 5.48. The van der Waals surface area contributed by atoms with Crippen molar-refractivity contribution in [1.82, 2.24) is 14.3 Å². The topological polar surface area (TPSA) is 81.3 Å². The summed E-state index contributed by atoms with van der Waals surface area (Å²) in [4.78, 5) is 33.7. The van der Waals surface area contributed by atoms with Crippen molar-refractivity contribution in [3.8, 4) is 0 Å². The molecule has 0 spiro atoms. The van der Waals surface area contributed by atoms with Gasteiger partial charge in [0.15, 0.2) is 4.80 Å². The number of aryl methyl sites for hydroxylation is 3. The highest BCUT2D eigenvalue weighted by atomic mass is 32.1. The molecule has 0 fully saturated rings. The van der Waals surface area contributed by atoms with E-state index in [1.54, 1.807) is 4.57 Å². The van der Waals surface area contributed by atoms with Gasteiger partial charge in [-0.05, 0) is 63.8 Å². The monoisotopic (exact) mass is 517 g/mol. The van der Waals surface area contributed by atoms with E-state index in [2.05, 4.69) is 10.4 Å². The summed E-state index contributed by atoms with van der Waals surface area (Å²) in [5, 5.41) is 9.59. The second-order valence-corrected chi connectivity index (χ2v) is 10.8. The van der Waals surface area contributed by atoms with E-state index in [9.17, 15) is 9.59 Å². The molecule has 4 aromatic rings. The third kappa shape index (κ3) is 4.08. The fourth-order valence-corrected chi connectivity index (χ4v) is 6.44. The molecule has 0 radical (unpaired) electrons. The third-order valence-corrected chi connectivity index (χ3v) is 8.39. The van der Waals surface area contributed by atoms with E-state index in [-0.39, 0.29) is 11.5 Å². The van der Waals surface area contributed by atoms with Crippen molar-refractivity contribution < 1.29 is 4.79 Å². The Morgan fingerprint density at radius 1 is 1.14 bits per heavy atom. The molecule has 7 nitrogen and oxygen atoms in total. The number of aromatic nitrogens is 3. The van der Waals surface area contributed by atoms with Gasteiger partial charge >= 0.3 is 0 Å². The lowest BCUT2D eigenvalue weighted by molar-refractivity contribution is -0.113. The van der Waals surface area contributed by atoms with E-state index >= 15 is 0 Å². The van der Waals surface area contributed by atoms with Gasteiger partial charge < -0.3 is 5.32 Å². The molecular weight excluding hydrogens is 490 g/mol. The molecule has 0 saturated heterocycles. The molecule has 1 atom stereocenters. The fourth-order valence-electron chi connectivity index (χ4n) is 4.59. The SMILES string of the molecule is CCn1nc(C)c(/C=c2/sc3n(c2=O)[C@@H](c2cccs2)C(C(=O)Nc2ccccc2C)=C(C)N=3)c1C. The number of nitrogens with zero attached hydrogens (tertiary/aromatic N) is 4. The van der Waals surface area contributed by atoms with E-state index in [1.165, 1.54) is 22.7 Å². The maximum Gasteiger partial charge on any atom is 0.271 e. The summed E-state index contributed by atoms with van der Waals surface area (Å²) in [7, 11) is 0. The first-order valence-electron chi connectivity index (χ1n) is 11.8. The molecule has 0 saturated carbocycles. The number of hydrogen-bond donors (Lipinski definition) is 1. The van der Waals surface area contributed by atoms with Crippen molar-refractivity contribution in [2.24, 2.45) is 4.99 Å². The van der Waals surface area contributed by atoms with Gasteiger partial charge in [0.05, 0.1) is 21.5 Å². The Kier molecular flexibility index (Phi) is 6.36. The first-order chi connectivity index (χ1) is 17.3. The average Bonchev–Trinajstić information content (AvgIpc) is 3.55. The number of benzene rings is 1. The van der Waals surface area contributed by atoms with Gasteiger partial charge in [0.1, 0.15) is 6.04 Å².